The van der Waals surface area contributed by atoms with Gasteiger partial charge in [-0.25, -0.2) is 26.3 Å². The fourth-order valence-electron chi connectivity index (χ4n) is 2.55. The molecule has 1 aliphatic heterocycles. The van der Waals surface area contributed by atoms with Gasteiger partial charge < -0.3 is 4.74 Å². The number of hydrogen-bond acceptors (Lipinski definition) is 5. The second kappa shape index (κ2) is 7.28. The fraction of sp³-hybridized carbons (Fsp3) is 0.111. The van der Waals surface area contributed by atoms with Gasteiger partial charge in [0.2, 0.25) is 0 Å². The van der Waals surface area contributed by atoms with Crippen LogP contribution >= 0.6 is 0 Å². The first-order valence-corrected chi connectivity index (χ1v) is 9.21. The highest BCUT2D eigenvalue weighted by Crippen LogP contribution is 2.29. The van der Waals surface area contributed by atoms with Gasteiger partial charge in [0, 0.05) is 11.6 Å². The maximum atomic E-state index is 13.5. The highest BCUT2D eigenvalue weighted by Gasteiger charge is 2.40. The van der Waals surface area contributed by atoms with Crippen LogP contribution in [0.4, 0.5) is 8.78 Å². The molecular formula is C18H13F2NO5S. The van der Waals surface area contributed by atoms with E-state index in [-0.39, 0.29) is 17.0 Å². The van der Waals surface area contributed by atoms with Crippen LogP contribution in [0.25, 0.3) is 6.08 Å². The minimum atomic E-state index is -3.98. The van der Waals surface area contributed by atoms with Gasteiger partial charge in [-0.15, -0.1) is 0 Å². The van der Waals surface area contributed by atoms with Crippen LogP contribution in [0.1, 0.15) is 15.9 Å². The van der Waals surface area contributed by atoms with E-state index in [1.807, 2.05) is 0 Å². The molecule has 0 aromatic heterocycles. The van der Waals surface area contributed by atoms with Crippen molar-refractivity contribution in [1.29, 1.82) is 0 Å². The lowest BCUT2D eigenvalue weighted by Gasteiger charge is -2.14. The fourth-order valence-corrected chi connectivity index (χ4v) is 4.10. The van der Waals surface area contributed by atoms with Crippen molar-refractivity contribution in [2.45, 2.75) is 4.90 Å². The van der Waals surface area contributed by atoms with Gasteiger partial charge in [0.15, 0.2) is 0 Å². The second-order valence-corrected chi connectivity index (χ2v) is 7.35. The Morgan fingerprint density at radius 3 is 2.41 bits per heavy atom. The molecule has 0 saturated carbocycles. The molecule has 2 aromatic rings. The number of sulfonamides is 1. The van der Waals surface area contributed by atoms with Crippen molar-refractivity contribution in [2.24, 2.45) is 0 Å². The summed E-state index contributed by atoms with van der Waals surface area (Å²) in [5.41, 5.74) is -0.346. The third-order valence-corrected chi connectivity index (χ3v) is 5.68. The van der Waals surface area contributed by atoms with Crippen LogP contribution in [0.2, 0.25) is 0 Å². The first-order valence-electron chi connectivity index (χ1n) is 7.77. The maximum Gasteiger partial charge on any atom is 0.330 e. The number of carbonyl (C=O) groups is 2. The number of nitrogens with zero attached hydrogens (tertiary/aromatic N) is 1. The monoisotopic (exact) mass is 393 g/mol. The average molecular weight is 393 g/mol. The van der Waals surface area contributed by atoms with E-state index in [4.69, 9.17) is 4.74 Å². The van der Waals surface area contributed by atoms with Gasteiger partial charge in [-0.05, 0) is 30.3 Å². The molecule has 6 nitrogen and oxygen atoms in total. The molecule has 27 heavy (non-hydrogen) atoms. The Labute approximate surface area is 153 Å². The number of esters is 1. The molecule has 3 rings (SSSR count). The summed E-state index contributed by atoms with van der Waals surface area (Å²) in [6, 6.07) is 9.02. The van der Waals surface area contributed by atoms with Gasteiger partial charge >= 0.3 is 5.97 Å². The lowest BCUT2D eigenvalue weighted by molar-refractivity contribution is -0.137. The number of halogens is 2. The summed E-state index contributed by atoms with van der Waals surface area (Å²) >= 11 is 0. The number of rotatable bonds is 5. The molecule has 1 amide bonds. The molecule has 0 atom stereocenters. The molecular weight excluding hydrogens is 380 g/mol. The van der Waals surface area contributed by atoms with E-state index in [1.165, 1.54) is 24.3 Å². The van der Waals surface area contributed by atoms with E-state index in [0.29, 0.717) is 4.31 Å². The topological polar surface area (TPSA) is 80.8 Å². The molecule has 9 heteroatoms. The predicted octanol–water partition coefficient (Wildman–Crippen LogP) is 2.37. The smallest absolute Gasteiger partial charge is 0.330 e. The normalized spacial score (nSPS) is 15.2. The van der Waals surface area contributed by atoms with Crippen molar-refractivity contribution >= 4 is 28.0 Å². The SMILES string of the molecule is O=C(/C=C/c1c(F)cccc1F)OCCN1C(=O)c2ccccc2S1(=O)=O. The number of amides is 1. The summed E-state index contributed by atoms with van der Waals surface area (Å²) in [5, 5.41) is 0. The van der Waals surface area contributed by atoms with Crippen molar-refractivity contribution in [3.8, 4) is 0 Å². The number of fused-ring (bicyclic) bond motifs is 1. The molecule has 0 spiro atoms. The van der Waals surface area contributed by atoms with Gasteiger partial charge in [-0.2, -0.15) is 0 Å². The van der Waals surface area contributed by atoms with Crippen molar-refractivity contribution in [2.75, 3.05) is 13.2 Å². The predicted molar refractivity (Wildman–Crippen MR) is 91.0 cm³/mol. The van der Waals surface area contributed by atoms with E-state index in [2.05, 4.69) is 0 Å². The Balaban J connectivity index is 1.61. The van der Waals surface area contributed by atoms with E-state index < -0.39 is 45.7 Å². The quantitative estimate of drug-likeness (QED) is 0.576. The largest absolute Gasteiger partial charge is 0.461 e. The molecule has 0 N–H and O–H groups in total. The molecule has 0 saturated heterocycles. The molecule has 1 aliphatic rings. The number of hydrogen-bond donors (Lipinski definition) is 0. The molecule has 0 aliphatic carbocycles. The lowest BCUT2D eigenvalue weighted by atomic mass is 10.2. The summed E-state index contributed by atoms with van der Waals surface area (Å²) in [7, 11) is -3.98. The van der Waals surface area contributed by atoms with Crippen LogP contribution < -0.4 is 0 Å². The van der Waals surface area contributed by atoms with Crippen LogP contribution in [0.3, 0.4) is 0 Å². The van der Waals surface area contributed by atoms with E-state index >= 15 is 0 Å². The molecule has 0 radical (unpaired) electrons. The molecule has 0 fully saturated rings. The van der Waals surface area contributed by atoms with Crippen LogP contribution in [0, 0.1) is 11.6 Å². The van der Waals surface area contributed by atoms with Gasteiger partial charge in [-0.3, -0.25) is 4.79 Å². The molecule has 2 aromatic carbocycles. The Kier molecular flexibility index (Phi) is 5.04. The second-order valence-electron chi connectivity index (χ2n) is 5.51. The van der Waals surface area contributed by atoms with E-state index in [0.717, 1.165) is 24.3 Å². The van der Waals surface area contributed by atoms with Crippen LogP contribution in [-0.4, -0.2) is 37.8 Å². The Bertz CT molecular complexity index is 1030. The first kappa shape index (κ1) is 18.7. The van der Waals surface area contributed by atoms with Crippen molar-refractivity contribution in [3.63, 3.8) is 0 Å². The van der Waals surface area contributed by atoms with Gasteiger partial charge in [0.1, 0.15) is 23.1 Å². The zero-order valence-electron chi connectivity index (χ0n) is 13.8. The number of ether oxygens (including phenoxy) is 1. The zero-order valence-corrected chi connectivity index (χ0v) is 14.6. The highest BCUT2D eigenvalue weighted by molar-refractivity contribution is 7.90. The maximum absolute atomic E-state index is 13.5. The van der Waals surface area contributed by atoms with Crippen molar-refractivity contribution in [1.82, 2.24) is 4.31 Å². The van der Waals surface area contributed by atoms with Gasteiger partial charge in [0.25, 0.3) is 15.9 Å². The summed E-state index contributed by atoms with van der Waals surface area (Å²) in [4.78, 5) is 23.7. The summed E-state index contributed by atoms with van der Waals surface area (Å²) in [6.07, 6.45) is 1.73. The number of benzene rings is 2. The molecule has 1 heterocycles. The minimum Gasteiger partial charge on any atom is -0.461 e. The lowest BCUT2D eigenvalue weighted by Crippen LogP contribution is -2.33. The van der Waals surface area contributed by atoms with E-state index in [9.17, 15) is 26.8 Å². The number of carbonyl (C=O) groups excluding carboxylic acids is 2. The summed E-state index contributed by atoms with van der Waals surface area (Å²) < 4.78 is 57.0. The Morgan fingerprint density at radius 1 is 1.07 bits per heavy atom. The molecule has 0 unspecified atom stereocenters. The highest BCUT2D eigenvalue weighted by atomic mass is 32.2. The van der Waals surface area contributed by atoms with Crippen LogP contribution in [-0.2, 0) is 19.6 Å². The van der Waals surface area contributed by atoms with Crippen molar-refractivity contribution in [3.05, 3.63) is 71.3 Å². The molecule has 140 valence electrons. The standard InChI is InChI=1S/C18H13F2NO5S/c19-14-5-3-6-15(20)12(14)8-9-17(22)26-11-10-21-18(23)13-4-1-2-7-16(13)27(21,24)25/h1-9H,10-11H2/b9-8+. The third kappa shape index (κ3) is 3.59. The first-order chi connectivity index (χ1) is 12.8. The van der Waals surface area contributed by atoms with Crippen molar-refractivity contribution < 1.29 is 31.5 Å². The Hall–Kier alpha value is -3.07. The Morgan fingerprint density at radius 2 is 1.74 bits per heavy atom. The van der Waals surface area contributed by atoms with Crippen LogP contribution in [0.5, 0.6) is 0 Å². The van der Waals surface area contributed by atoms with Gasteiger partial charge in [-0.1, -0.05) is 18.2 Å². The summed E-state index contributed by atoms with van der Waals surface area (Å²) in [5.74, 6) is -3.32. The zero-order chi connectivity index (χ0) is 19.6. The molecule has 0 bridgehead atoms. The van der Waals surface area contributed by atoms with Gasteiger partial charge in [0.05, 0.1) is 12.1 Å². The minimum absolute atomic E-state index is 0.0544. The van der Waals surface area contributed by atoms with Crippen LogP contribution in [0.15, 0.2) is 53.4 Å². The third-order valence-electron chi connectivity index (χ3n) is 3.84. The summed E-state index contributed by atoms with van der Waals surface area (Å²) in [6.45, 7) is -0.772. The average Bonchev–Trinajstić information content (AvgIpc) is 2.82. The van der Waals surface area contributed by atoms with E-state index in [1.54, 1.807) is 6.07 Å².